The van der Waals surface area contributed by atoms with Gasteiger partial charge in [0.1, 0.15) is 17.3 Å². The topological polar surface area (TPSA) is 141 Å². The van der Waals surface area contributed by atoms with Crippen molar-refractivity contribution >= 4 is 29.2 Å². The van der Waals surface area contributed by atoms with E-state index in [1.165, 1.54) is 0 Å². The first-order valence-electron chi connectivity index (χ1n) is 15.6. The number of hydrogen-bond donors (Lipinski definition) is 3. The third-order valence-electron chi connectivity index (χ3n) is 8.43. The lowest BCUT2D eigenvalue weighted by atomic mass is 9.84. The number of nitrogens with one attached hydrogen (secondary N) is 2. The number of methoxy groups -OCH3 is 1. The molecule has 3 N–H and O–H groups in total. The van der Waals surface area contributed by atoms with Gasteiger partial charge in [-0.15, -0.1) is 0 Å². The molecule has 0 radical (unpaired) electrons. The molecule has 2 aliphatic rings. The molecule has 4 rings (SSSR count). The minimum atomic E-state index is -0.946. The van der Waals surface area contributed by atoms with Crippen LogP contribution in [0, 0.1) is 5.41 Å². The second-order valence-electron chi connectivity index (χ2n) is 12.5. The van der Waals surface area contributed by atoms with Crippen LogP contribution in [0.15, 0.2) is 24.3 Å². The number of amidine groups is 1. The standard InChI is InChI=1S/C34H46N4O7/c1-8-28(33(41)42)45-22-10-12-37(13-11-22)26-15-20(14-25(30(26)43-7)34(3,4)5)27(39)19-38-18-21-16-29(44-9-2)24(32(40)36-6)17-23(21)31(38)35/h14-17,22,28,35H,8-13,18-19H2,1-7H3,(H,36,40)(H,41,42). The van der Waals surface area contributed by atoms with Gasteiger partial charge in [0.2, 0.25) is 0 Å². The molecular weight excluding hydrogens is 576 g/mol. The first-order valence-corrected chi connectivity index (χ1v) is 15.6. The second-order valence-corrected chi connectivity index (χ2v) is 12.5. The highest BCUT2D eigenvalue weighted by molar-refractivity contribution is 6.08. The number of aliphatic carboxylic acids is 1. The molecule has 1 amide bonds. The van der Waals surface area contributed by atoms with E-state index in [9.17, 15) is 19.5 Å². The number of hydrogen-bond acceptors (Lipinski definition) is 8. The number of piperidine rings is 1. The molecular formula is C34H46N4O7. The van der Waals surface area contributed by atoms with Gasteiger partial charge in [0.25, 0.3) is 5.91 Å². The van der Waals surface area contributed by atoms with E-state index in [2.05, 4.69) is 31.0 Å². The van der Waals surface area contributed by atoms with Gasteiger partial charge in [-0.05, 0) is 61.4 Å². The molecule has 244 valence electrons. The summed E-state index contributed by atoms with van der Waals surface area (Å²) in [6.45, 7) is 11.9. The number of amides is 1. The number of carbonyl (C=O) groups excluding carboxylic acids is 2. The Morgan fingerprint density at radius 3 is 2.36 bits per heavy atom. The molecule has 0 saturated carbocycles. The molecule has 2 aliphatic heterocycles. The Morgan fingerprint density at radius 2 is 1.80 bits per heavy atom. The van der Waals surface area contributed by atoms with Crippen molar-refractivity contribution < 1.29 is 33.7 Å². The molecule has 1 atom stereocenters. The molecule has 0 aliphatic carbocycles. The molecule has 0 aromatic heterocycles. The van der Waals surface area contributed by atoms with Crippen molar-refractivity contribution in [1.82, 2.24) is 10.2 Å². The van der Waals surface area contributed by atoms with Gasteiger partial charge in [0.05, 0.1) is 37.6 Å². The monoisotopic (exact) mass is 622 g/mol. The van der Waals surface area contributed by atoms with E-state index in [4.69, 9.17) is 19.6 Å². The normalized spacial score (nSPS) is 15.9. The van der Waals surface area contributed by atoms with E-state index in [0.717, 1.165) is 16.8 Å². The molecule has 0 bridgehead atoms. The molecule has 1 unspecified atom stereocenters. The average molecular weight is 623 g/mol. The van der Waals surface area contributed by atoms with E-state index in [-0.39, 0.29) is 35.6 Å². The quantitative estimate of drug-likeness (QED) is 0.289. The van der Waals surface area contributed by atoms with Crippen LogP contribution in [-0.2, 0) is 21.5 Å². The zero-order chi connectivity index (χ0) is 33.1. The molecule has 1 saturated heterocycles. The molecule has 2 aromatic rings. The summed E-state index contributed by atoms with van der Waals surface area (Å²) in [4.78, 5) is 41.8. The van der Waals surface area contributed by atoms with Crippen molar-refractivity contribution in [3.63, 3.8) is 0 Å². The van der Waals surface area contributed by atoms with Gasteiger partial charge in [0, 0.05) is 43.4 Å². The van der Waals surface area contributed by atoms with Crippen LogP contribution in [0.3, 0.4) is 0 Å². The molecule has 0 spiro atoms. The van der Waals surface area contributed by atoms with Crippen LogP contribution in [0.25, 0.3) is 0 Å². The number of fused-ring (bicyclic) bond motifs is 1. The van der Waals surface area contributed by atoms with Gasteiger partial charge in [-0.2, -0.15) is 0 Å². The lowest BCUT2D eigenvalue weighted by Crippen LogP contribution is -2.40. The Bertz CT molecular complexity index is 1460. The number of carbonyl (C=O) groups is 3. The third kappa shape index (κ3) is 7.24. The number of nitrogens with zero attached hydrogens (tertiary/aromatic N) is 2. The van der Waals surface area contributed by atoms with Crippen LogP contribution in [0.5, 0.6) is 11.5 Å². The molecule has 2 heterocycles. The number of benzene rings is 2. The van der Waals surface area contributed by atoms with Crippen molar-refractivity contribution in [2.45, 2.75) is 78.0 Å². The summed E-state index contributed by atoms with van der Waals surface area (Å²) < 4.78 is 17.5. The predicted octanol–water partition coefficient (Wildman–Crippen LogP) is 4.62. The summed E-state index contributed by atoms with van der Waals surface area (Å²) in [5, 5.41) is 20.9. The van der Waals surface area contributed by atoms with Crippen molar-refractivity contribution in [2.75, 3.05) is 45.3 Å². The maximum atomic E-state index is 13.9. The third-order valence-corrected chi connectivity index (χ3v) is 8.43. The summed E-state index contributed by atoms with van der Waals surface area (Å²) in [5.41, 5.74) is 3.70. The van der Waals surface area contributed by atoms with Crippen LogP contribution in [-0.4, -0.2) is 86.1 Å². The SMILES string of the molecule is CCOc1cc2c(cc1C(=O)NC)C(=N)N(CC(=O)c1cc(N3CCC(OC(CC)C(=O)O)CC3)c(OC)c(C(C)(C)C)c1)C2. The minimum absolute atomic E-state index is 0.00828. The molecule has 1 fully saturated rings. The number of ether oxygens (including phenoxy) is 3. The van der Waals surface area contributed by atoms with Gasteiger partial charge in [0.15, 0.2) is 11.9 Å². The minimum Gasteiger partial charge on any atom is -0.494 e. The van der Waals surface area contributed by atoms with Gasteiger partial charge in [-0.25, -0.2) is 4.79 Å². The molecule has 45 heavy (non-hydrogen) atoms. The van der Waals surface area contributed by atoms with Crippen LogP contribution >= 0.6 is 0 Å². The maximum absolute atomic E-state index is 13.9. The fraction of sp³-hybridized carbons (Fsp3) is 0.529. The summed E-state index contributed by atoms with van der Waals surface area (Å²) in [6.07, 6.45) is 0.739. The van der Waals surface area contributed by atoms with Crippen molar-refractivity contribution in [3.8, 4) is 11.5 Å². The molecule has 2 aromatic carbocycles. The van der Waals surface area contributed by atoms with Crippen molar-refractivity contribution in [3.05, 3.63) is 52.1 Å². The Kier molecular flexibility index (Phi) is 10.4. The number of anilines is 1. The highest BCUT2D eigenvalue weighted by Crippen LogP contribution is 2.41. The lowest BCUT2D eigenvalue weighted by molar-refractivity contribution is -0.155. The highest BCUT2D eigenvalue weighted by Gasteiger charge is 2.32. The zero-order valence-corrected chi connectivity index (χ0v) is 27.4. The van der Waals surface area contributed by atoms with E-state index in [1.807, 2.05) is 19.1 Å². The van der Waals surface area contributed by atoms with E-state index in [0.29, 0.717) is 73.7 Å². The predicted molar refractivity (Wildman–Crippen MR) is 172 cm³/mol. The number of carboxylic acid groups (broad SMARTS) is 1. The Balaban J connectivity index is 1.60. The van der Waals surface area contributed by atoms with Gasteiger partial charge < -0.3 is 34.4 Å². The van der Waals surface area contributed by atoms with Crippen molar-refractivity contribution in [2.24, 2.45) is 0 Å². The van der Waals surface area contributed by atoms with Crippen molar-refractivity contribution in [1.29, 1.82) is 5.41 Å². The first kappa shape index (κ1) is 33.8. The zero-order valence-electron chi connectivity index (χ0n) is 27.4. The summed E-state index contributed by atoms with van der Waals surface area (Å²) >= 11 is 0. The maximum Gasteiger partial charge on any atom is 0.332 e. The van der Waals surface area contributed by atoms with Crippen LogP contribution < -0.4 is 19.7 Å². The van der Waals surface area contributed by atoms with Gasteiger partial charge in [-0.3, -0.25) is 15.0 Å². The van der Waals surface area contributed by atoms with Crippen LogP contribution in [0.2, 0.25) is 0 Å². The second kappa shape index (κ2) is 13.9. The Morgan fingerprint density at radius 1 is 1.11 bits per heavy atom. The Hall–Kier alpha value is -4.12. The number of Topliss-reactive ketones (excluding diaryl/α,β-unsaturated/α-hetero) is 1. The molecule has 11 nitrogen and oxygen atoms in total. The average Bonchev–Trinajstić information content (AvgIpc) is 3.31. The number of carboxylic acids is 1. The largest absolute Gasteiger partial charge is 0.494 e. The van der Waals surface area contributed by atoms with Gasteiger partial charge in [-0.1, -0.05) is 27.7 Å². The fourth-order valence-electron chi connectivity index (χ4n) is 5.99. The van der Waals surface area contributed by atoms with Crippen LogP contribution in [0.4, 0.5) is 5.69 Å². The molecule has 11 heteroatoms. The Labute approximate surface area is 265 Å². The summed E-state index contributed by atoms with van der Waals surface area (Å²) in [5.74, 6) is -0.0327. The number of rotatable bonds is 12. The highest BCUT2D eigenvalue weighted by atomic mass is 16.5. The van der Waals surface area contributed by atoms with E-state index >= 15 is 0 Å². The number of ketones is 1. The van der Waals surface area contributed by atoms with E-state index < -0.39 is 12.1 Å². The fourth-order valence-corrected chi connectivity index (χ4v) is 5.99. The smallest absolute Gasteiger partial charge is 0.332 e. The van der Waals surface area contributed by atoms with E-state index in [1.54, 1.807) is 38.1 Å². The first-order chi connectivity index (χ1) is 21.3. The summed E-state index contributed by atoms with van der Waals surface area (Å²) in [7, 11) is 3.18. The summed E-state index contributed by atoms with van der Waals surface area (Å²) in [6, 6.07) is 7.22. The van der Waals surface area contributed by atoms with Gasteiger partial charge >= 0.3 is 5.97 Å². The van der Waals surface area contributed by atoms with Crippen LogP contribution in [0.1, 0.15) is 91.3 Å². The lowest BCUT2D eigenvalue weighted by Gasteiger charge is -2.36.